The van der Waals surface area contributed by atoms with E-state index in [0.29, 0.717) is 56.8 Å². The summed E-state index contributed by atoms with van der Waals surface area (Å²) in [5.74, 6) is 0.178. The molecule has 5 rings (SSSR count). The second-order valence-electron chi connectivity index (χ2n) is 15.1. The third kappa shape index (κ3) is 8.47. The fourth-order valence-corrected chi connectivity index (χ4v) is 7.05. The first-order valence-corrected chi connectivity index (χ1v) is 20.4. The molecule has 0 spiro atoms. The molecule has 1 amide bonds. The highest BCUT2D eigenvalue weighted by molar-refractivity contribution is 6.76. The van der Waals surface area contributed by atoms with E-state index in [4.69, 9.17) is 30.9 Å². The highest BCUT2D eigenvalue weighted by Gasteiger charge is 2.40. The van der Waals surface area contributed by atoms with Gasteiger partial charge in [0.15, 0.2) is 0 Å². The van der Waals surface area contributed by atoms with Crippen molar-refractivity contribution in [3.63, 3.8) is 0 Å². The van der Waals surface area contributed by atoms with Crippen molar-refractivity contribution in [2.45, 2.75) is 109 Å². The normalized spacial score (nSPS) is 17.9. The molecule has 1 aliphatic heterocycles. The van der Waals surface area contributed by atoms with Gasteiger partial charge in [0.05, 0.1) is 23.9 Å². The van der Waals surface area contributed by atoms with Gasteiger partial charge in [0.1, 0.15) is 18.1 Å². The third-order valence-corrected chi connectivity index (χ3v) is 10.8. The summed E-state index contributed by atoms with van der Waals surface area (Å²) in [6.07, 6.45) is 3.01. The molecule has 1 aliphatic carbocycles. The highest BCUT2D eigenvalue weighted by Crippen LogP contribution is 2.45. The van der Waals surface area contributed by atoms with E-state index in [1.807, 2.05) is 49.7 Å². The van der Waals surface area contributed by atoms with E-state index in [9.17, 15) is 9.18 Å². The van der Waals surface area contributed by atoms with Gasteiger partial charge in [-0.3, -0.25) is 0 Å². The molecule has 7 nitrogen and oxygen atoms in total. The van der Waals surface area contributed by atoms with Crippen LogP contribution >= 0.6 is 11.6 Å². The molecule has 1 aromatic heterocycles. The van der Waals surface area contributed by atoms with E-state index in [2.05, 4.69) is 26.6 Å². The van der Waals surface area contributed by atoms with Crippen molar-refractivity contribution in [1.82, 2.24) is 14.7 Å². The molecule has 2 fully saturated rings. The zero-order chi connectivity index (χ0) is 32.6. The number of benzene rings is 2. The predicted molar refractivity (Wildman–Crippen MR) is 180 cm³/mol. The summed E-state index contributed by atoms with van der Waals surface area (Å²) in [5.41, 5.74) is 3.13. The molecule has 0 N–H and O–H groups in total. The van der Waals surface area contributed by atoms with Gasteiger partial charge in [-0.1, -0.05) is 43.4 Å². The van der Waals surface area contributed by atoms with Crippen LogP contribution in [0.3, 0.4) is 0 Å². The number of carbonyl (C=O) groups excluding carboxylic acids is 1. The van der Waals surface area contributed by atoms with Crippen LogP contribution in [0.5, 0.6) is 0 Å². The smallest absolute Gasteiger partial charge is 0.410 e. The second-order valence-corrected chi connectivity index (χ2v) is 21.2. The maximum Gasteiger partial charge on any atom is 0.410 e. The summed E-state index contributed by atoms with van der Waals surface area (Å²) in [7, 11) is -1.22. The zero-order valence-corrected chi connectivity index (χ0v) is 29.7. The van der Waals surface area contributed by atoms with Gasteiger partial charge in [-0.25, -0.2) is 13.9 Å². The van der Waals surface area contributed by atoms with Crippen LogP contribution in [0.15, 0.2) is 36.4 Å². The maximum absolute atomic E-state index is 14.0. The van der Waals surface area contributed by atoms with Gasteiger partial charge < -0.3 is 19.1 Å². The summed E-state index contributed by atoms with van der Waals surface area (Å²) in [6.45, 7) is 17.3. The number of rotatable bonds is 11. The second kappa shape index (κ2) is 13.3. The number of halogens is 2. The molecule has 0 bridgehead atoms. The minimum atomic E-state index is -1.22. The lowest BCUT2D eigenvalue weighted by Gasteiger charge is -2.42. The van der Waals surface area contributed by atoms with Gasteiger partial charge in [-0.05, 0) is 89.3 Å². The molecule has 2 aromatic carbocycles. The number of hydrogen-bond acceptors (Lipinski definition) is 5. The Morgan fingerprint density at radius 2 is 1.80 bits per heavy atom. The molecule has 45 heavy (non-hydrogen) atoms. The first-order chi connectivity index (χ1) is 21.1. The summed E-state index contributed by atoms with van der Waals surface area (Å²) < 4.78 is 34.5. The Kier molecular flexibility index (Phi) is 10.0. The molecule has 2 aliphatic rings. The van der Waals surface area contributed by atoms with Crippen LogP contribution in [0.4, 0.5) is 9.18 Å². The number of piperidine rings is 1. The lowest BCUT2D eigenvalue weighted by atomic mass is 9.73. The molecule has 246 valence electrons. The average molecular weight is 658 g/mol. The lowest BCUT2D eigenvalue weighted by molar-refractivity contribution is -0.00947. The van der Waals surface area contributed by atoms with Gasteiger partial charge in [0.2, 0.25) is 0 Å². The Hall–Kier alpha value is -2.46. The van der Waals surface area contributed by atoms with Crippen molar-refractivity contribution >= 4 is 36.7 Å². The summed E-state index contributed by atoms with van der Waals surface area (Å²) in [5, 5.41) is 6.78. The number of hydrogen-bond donors (Lipinski definition) is 0. The molecular weight excluding hydrogens is 609 g/mol. The van der Waals surface area contributed by atoms with E-state index in [1.54, 1.807) is 4.90 Å². The summed E-state index contributed by atoms with van der Waals surface area (Å²) in [6, 6.07) is 11.8. The minimum absolute atomic E-state index is 0.275. The number of fused-ring (bicyclic) bond motifs is 1. The molecule has 1 saturated heterocycles. The quantitative estimate of drug-likeness (QED) is 0.152. The number of nitrogens with zero attached hydrogens (tertiary/aromatic N) is 3. The first-order valence-electron chi connectivity index (χ1n) is 16.3. The van der Waals surface area contributed by atoms with Gasteiger partial charge in [0.25, 0.3) is 0 Å². The SMILES string of the molecule is CC(OCC1(c2ccc(F)cc2)CCN(C(=O)OC(C)(C)C)CC1)c1cc(Cl)cc2c(C3CC3)nn(COCC[Si](C)(C)C)c12. The van der Waals surface area contributed by atoms with Gasteiger partial charge in [-0.15, -0.1) is 0 Å². The van der Waals surface area contributed by atoms with E-state index in [1.165, 1.54) is 12.1 Å². The molecule has 1 saturated carbocycles. The Balaban J connectivity index is 1.39. The number of aromatic nitrogens is 2. The maximum atomic E-state index is 14.0. The lowest BCUT2D eigenvalue weighted by Crippen LogP contribution is -2.48. The Bertz CT molecular complexity index is 1490. The standard InChI is InChI=1S/C35H49ClFN3O4Si/c1-24(29-20-27(36)21-30-31(25-8-9-25)38-40(32(29)30)23-42-18-19-45(5,6)7)43-22-35(26-10-12-28(37)13-11-26)14-16-39(17-15-35)33(41)44-34(2,3)4/h10-13,20-21,24-25H,8-9,14-19,22-23H2,1-7H3. The van der Waals surface area contributed by atoms with E-state index >= 15 is 0 Å². The molecule has 1 unspecified atom stereocenters. The van der Waals surface area contributed by atoms with Crippen LogP contribution in [0.2, 0.25) is 30.7 Å². The van der Waals surface area contributed by atoms with Crippen molar-refractivity contribution in [2.24, 2.45) is 0 Å². The minimum Gasteiger partial charge on any atom is -0.444 e. The fraction of sp³-hybridized carbons (Fsp3) is 0.600. The van der Waals surface area contributed by atoms with Crippen LogP contribution in [-0.4, -0.2) is 60.8 Å². The number of carbonyl (C=O) groups is 1. The number of amides is 1. The van der Waals surface area contributed by atoms with Crippen molar-refractivity contribution in [3.8, 4) is 0 Å². The van der Waals surface area contributed by atoms with Crippen molar-refractivity contribution in [2.75, 3.05) is 26.3 Å². The van der Waals surface area contributed by atoms with Crippen LogP contribution in [0.25, 0.3) is 10.9 Å². The molecular formula is C35H49ClFN3O4Si. The average Bonchev–Trinajstić information content (AvgIpc) is 3.74. The van der Waals surface area contributed by atoms with E-state index < -0.39 is 19.1 Å². The number of ether oxygens (including phenoxy) is 3. The van der Waals surface area contributed by atoms with Crippen LogP contribution in [-0.2, 0) is 26.4 Å². The molecule has 3 aromatic rings. The van der Waals surface area contributed by atoms with Crippen molar-refractivity contribution < 1.29 is 23.4 Å². The zero-order valence-electron chi connectivity index (χ0n) is 27.9. The third-order valence-electron chi connectivity index (χ3n) is 8.92. The highest BCUT2D eigenvalue weighted by atomic mass is 35.5. The molecule has 2 heterocycles. The summed E-state index contributed by atoms with van der Waals surface area (Å²) in [4.78, 5) is 14.6. The van der Waals surface area contributed by atoms with Crippen LogP contribution in [0.1, 0.15) is 82.2 Å². The largest absolute Gasteiger partial charge is 0.444 e. The van der Waals surface area contributed by atoms with Gasteiger partial charge in [0, 0.05) is 55.1 Å². The fourth-order valence-electron chi connectivity index (χ4n) is 6.07. The van der Waals surface area contributed by atoms with Gasteiger partial charge in [-0.2, -0.15) is 5.10 Å². The van der Waals surface area contributed by atoms with E-state index in [0.717, 1.165) is 46.6 Å². The van der Waals surface area contributed by atoms with Crippen molar-refractivity contribution in [3.05, 3.63) is 64.1 Å². The Morgan fingerprint density at radius 1 is 1.13 bits per heavy atom. The molecule has 10 heteroatoms. The molecule has 0 radical (unpaired) electrons. The van der Waals surface area contributed by atoms with Crippen LogP contribution in [0, 0.1) is 5.82 Å². The van der Waals surface area contributed by atoms with Crippen molar-refractivity contribution in [1.29, 1.82) is 0 Å². The monoisotopic (exact) mass is 657 g/mol. The Labute approximate surface area is 273 Å². The molecule has 1 atom stereocenters. The predicted octanol–water partition coefficient (Wildman–Crippen LogP) is 9.07. The van der Waals surface area contributed by atoms with Gasteiger partial charge >= 0.3 is 6.09 Å². The van der Waals surface area contributed by atoms with Crippen LogP contribution < -0.4 is 0 Å². The topological polar surface area (TPSA) is 65.8 Å². The summed E-state index contributed by atoms with van der Waals surface area (Å²) >= 11 is 6.73. The number of likely N-dealkylation sites (tertiary alicyclic amines) is 1. The first kappa shape index (κ1) is 33.9. The Morgan fingerprint density at radius 3 is 2.40 bits per heavy atom. The van der Waals surface area contributed by atoms with E-state index in [-0.39, 0.29) is 18.0 Å².